The van der Waals surface area contributed by atoms with Gasteiger partial charge in [0.05, 0.1) is 11.3 Å². The highest BCUT2D eigenvalue weighted by molar-refractivity contribution is 5.05. The van der Waals surface area contributed by atoms with E-state index in [0.29, 0.717) is 12.5 Å². The molecule has 1 aliphatic rings. The van der Waals surface area contributed by atoms with Crippen molar-refractivity contribution in [2.45, 2.75) is 70.9 Å². The summed E-state index contributed by atoms with van der Waals surface area (Å²) >= 11 is 0. The van der Waals surface area contributed by atoms with Crippen LogP contribution in [0.5, 0.6) is 0 Å². The first-order valence-electron chi connectivity index (χ1n) is 7.29. The predicted octanol–water partition coefficient (Wildman–Crippen LogP) is 3.34. The molecule has 2 rings (SSSR count). The summed E-state index contributed by atoms with van der Waals surface area (Å²) in [7, 11) is 0. The van der Waals surface area contributed by atoms with Crippen molar-refractivity contribution in [3.63, 3.8) is 0 Å². The third kappa shape index (κ3) is 3.14. The van der Waals surface area contributed by atoms with E-state index in [-0.39, 0.29) is 0 Å². The SMILES string of the molecule is CCC(C)n1ccc(CC2(O)CCC(C)CC2)n1. The molecule has 1 N–H and O–H groups in total. The van der Waals surface area contributed by atoms with Crippen LogP contribution in [0, 0.1) is 5.92 Å². The average molecular weight is 250 g/mol. The Morgan fingerprint density at radius 2 is 2.17 bits per heavy atom. The summed E-state index contributed by atoms with van der Waals surface area (Å²) < 4.78 is 2.02. The summed E-state index contributed by atoms with van der Waals surface area (Å²) in [6.45, 7) is 6.62. The van der Waals surface area contributed by atoms with E-state index in [4.69, 9.17) is 0 Å². The number of aromatic nitrogens is 2. The predicted molar refractivity (Wildman–Crippen MR) is 73.5 cm³/mol. The first-order chi connectivity index (χ1) is 8.52. The Hall–Kier alpha value is -0.830. The smallest absolute Gasteiger partial charge is 0.0703 e. The van der Waals surface area contributed by atoms with Crippen LogP contribution in [0.25, 0.3) is 0 Å². The highest BCUT2D eigenvalue weighted by Crippen LogP contribution is 2.34. The highest BCUT2D eigenvalue weighted by atomic mass is 16.3. The van der Waals surface area contributed by atoms with Crippen molar-refractivity contribution in [2.75, 3.05) is 0 Å². The summed E-state index contributed by atoms with van der Waals surface area (Å²) in [4.78, 5) is 0. The zero-order chi connectivity index (χ0) is 13.2. The molecule has 0 spiro atoms. The monoisotopic (exact) mass is 250 g/mol. The van der Waals surface area contributed by atoms with Gasteiger partial charge in [-0.05, 0) is 51.0 Å². The molecule has 1 aromatic rings. The molecule has 1 heterocycles. The Balaban J connectivity index is 1.98. The van der Waals surface area contributed by atoms with Crippen molar-refractivity contribution in [1.82, 2.24) is 9.78 Å². The van der Waals surface area contributed by atoms with E-state index >= 15 is 0 Å². The van der Waals surface area contributed by atoms with E-state index in [1.807, 2.05) is 10.9 Å². The Kier molecular flexibility index (Phi) is 4.10. The highest BCUT2D eigenvalue weighted by Gasteiger charge is 2.32. The topological polar surface area (TPSA) is 38.0 Å². The standard InChI is InChI=1S/C15H26N2O/c1-4-13(3)17-10-7-14(16-17)11-15(18)8-5-12(2)6-9-15/h7,10,12-13,18H,4-6,8-9,11H2,1-3H3. The molecule has 0 saturated heterocycles. The summed E-state index contributed by atoms with van der Waals surface area (Å²) in [5.74, 6) is 0.767. The Labute approximate surface area is 110 Å². The molecule has 1 fully saturated rings. The number of aliphatic hydroxyl groups is 1. The minimum Gasteiger partial charge on any atom is -0.389 e. The molecule has 0 amide bonds. The van der Waals surface area contributed by atoms with E-state index in [9.17, 15) is 5.11 Å². The Bertz CT molecular complexity index is 378. The van der Waals surface area contributed by atoms with Gasteiger partial charge in [-0.25, -0.2) is 0 Å². The number of nitrogens with zero attached hydrogens (tertiary/aromatic N) is 2. The van der Waals surface area contributed by atoms with E-state index in [1.54, 1.807) is 0 Å². The number of rotatable bonds is 4. The van der Waals surface area contributed by atoms with Gasteiger partial charge in [-0.15, -0.1) is 0 Å². The van der Waals surface area contributed by atoms with Crippen LogP contribution in [0.3, 0.4) is 0 Å². The van der Waals surface area contributed by atoms with E-state index in [1.165, 1.54) is 0 Å². The second-order valence-electron chi connectivity index (χ2n) is 6.13. The Morgan fingerprint density at radius 3 is 2.78 bits per heavy atom. The lowest BCUT2D eigenvalue weighted by Crippen LogP contribution is -2.36. The summed E-state index contributed by atoms with van der Waals surface area (Å²) in [6.07, 6.45) is 7.96. The van der Waals surface area contributed by atoms with Crippen molar-refractivity contribution in [3.8, 4) is 0 Å². The van der Waals surface area contributed by atoms with Crippen LogP contribution in [-0.2, 0) is 6.42 Å². The molecule has 0 aromatic carbocycles. The molecule has 0 radical (unpaired) electrons. The van der Waals surface area contributed by atoms with Gasteiger partial charge >= 0.3 is 0 Å². The van der Waals surface area contributed by atoms with Gasteiger partial charge < -0.3 is 5.11 Å². The van der Waals surface area contributed by atoms with Gasteiger partial charge in [0.2, 0.25) is 0 Å². The van der Waals surface area contributed by atoms with Gasteiger partial charge in [0.25, 0.3) is 0 Å². The molecule has 18 heavy (non-hydrogen) atoms. The largest absolute Gasteiger partial charge is 0.389 e. The molecule has 3 nitrogen and oxygen atoms in total. The molecule has 102 valence electrons. The van der Waals surface area contributed by atoms with Crippen molar-refractivity contribution in [3.05, 3.63) is 18.0 Å². The minimum atomic E-state index is -0.513. The third-order valence-electron chi connectivity index (χ3n) is 4.42. The molecule has 3 heteroatoms. The van der Waals surface area contributed by atoms with E-state index in [0.717, 1.165) is 43.7 Å². The zero-order valence-corrected chi connectivity index (χ0v) is 11.9. The van der Waals surface area contributed by atoms with Crippen LogP contribution in [0.1, 0.15) is 64.6 Å². The second kappa shape index (κ2) is 5.43. The van der Waals surface area contributed by atoms with Crippen LogP contribution in [0.4, 0.5) is 0 Å². The number of hydrogen-bond acceptors (Lipinski definition) is 2. The Morgan fingerprint density at radius 1 is 1.50 bits per heavy atom. The van der Waals surface area contributed by atoms with Crippen LogP contribution < -0.4 is 0 Å². The van der Waals surface area contributed by atoms with Gasteiger partial charge in [0.15, 0.2) is 0 Å². The quantitative estimate of drug-likeness (QED) is 0.890. The maximum atomic E-state index is 10.6. The van der Waals surface area contributed by atoms with E-state index in [2.05, 4.69) is 31.9 Å². The van der Waals surface area contributed by atoms with Crippen molar-refractivity contribution < 1.29 is 5.11 Å². The molecule has 1 unspecified atom stereocenters. The first kappa shape index (κ1) is 13.6. The third-order valence-corrected chi connectivity index (χ3v) is 4.42. The molecule has 1 aromatic heterocycles. The van der Waals surface area contributed by atoms with Crippen LogP contribution in [-0.4, -0.2) is 20.5 Å². The first-order valence-corrected chi connectivity index (χ1v) is 7.29. The molecule has 1 atom stereocenters. The van der Waals surface area contributed by atoms with Crippen molar-refractivity contribution in [1.29, 1.82) is 0 Å². The minimum absolute atomic E-state index is 0.444. The number of hydrogen-bond donors (Lipinski definition) is 1. The lowest BCUT2D eigenvalue weighted by molar-refractivity contribution is -0.00758. The van der Waals surface area contributed by atoms with Gasteiger partial charge in [-0.1, -0.05) is 13.8 Å². The fourth-order valence-corrected chi connectivity index (χ4v) is 2.72. The summed E-state index contributed by atoms with van der Waals surface area (Å²) in [6, 6.07) is 2.50. The molecule has 1 aliphatic carbocycles. The maximum absolute atomic E-state index is 10.6. The molecule has 0 aliphatic heterocycles. The molecular formula is C15H26N2O. The van der Waals surface area contributed by atoms with Crippen LogP contribution in [0.15, 0.2) is 12.3 Å². The fourth-order valence-electron chi connectivity index (χ4n) is 2.72. The fraction of sp³-hybridized carbons (Fsp3) is 0.800. The van der Waals surface area contributed by atoms with Crippen molar-refractivity contribution in [2.24, 2.45) is 5.92 Å². The summed E-state index contributed by atoms with van der Waals surface area (Å²) in [5.41, 5.74) is 0.522. The maximum Gasteiger partial charge on any atom is 0.0703 e. The zero-order valence-electron chi connectivity index (χ0n) is 11.9. The van der Waals surface area contributed by atoms with Crippen molar-refractivity contribution >= 4 is 0 Å². The van der Waals surface area contributed by atoms with Crippen LogP contribution in [0.2, 0.25) is 0 Å². The molecular weight excluding hydrogens is 224 g/mol. The summed E-state index contributed by atoms with van der Waals surface area (Å²) in [5, 5.41) is 15.2. The van der Waals surface area contributed by atoms with Gasteiger partial charge in [0.1, 0.15) is 0 Å². The second-order valence-corrected chi connectivity index (χ2v) is 6.13. The van der Waals surface area contributed by atoms with Gasteiger partial charge in [-0.2, -0.15) is 5.10 Å². The lowest BCUT2D eigenvalue weighted by atomic mass is 9.77. The molecule has 1 saturated carbocycles. The molecule has 0 bridgehead atoms. The van der Waals surface area contributed by atoms with Crippen LogP contribution >= 0.6 is 0 Å². The van der Waals surface area contributed by atoms with E-state index < -0.39 is 5.60 Å². The normalized spacial score (nSPS) is 30.3. The van der Waals surface area contributed by atoms with Gasteiger partial charge in [0, 0.05) is 18.7 Å². The lowest BCUT2D eigenvalue weighted by Gasteiger charge is -2.34. The van der Waals surface area contributed by atoms with Gasteiger partial charge in [-0.3, -0.25) is 4.68 Å². The average Bonchev–Trinajstić information content (AvgIpc) is 2.80.